The number of methoxy groups -OCH3 is 1. The first kappa shape index (κ1) is 17.9. The van der Waals surface area contributed by atoms with Crippen LogP contribution in [0.2, 0.25) is 0 Å². The number of hydrogen-bond donors (Lipinski definition) is 2. The van der Waals surface area contributed by atoms with Gasteiger partial charge in [0.15, 0.2) is 10.9 Å². The Hall–Kier alpha value is -2.54. The Morgan fingerprint density at radius 2 is 2.15 bits per heavy atom. The second-order valence-electron chi connectivity index (χ2n) is 6.57. The molecule has 1 aromatic heterocycles. The number of anilines is 1. The number of Topliss-reactive ketones (excluding diaryl/α,β-unsaturated/α-hetero) is 1. The smallest absolute Gasteiger partial charge is 0.257 e. The van der Waals surface area contributed by atoms with Gasteiger partial charge in [0, 0.05) is 23.6 Å². The van der Waals surface area contributed by atoms with Crippen molar-refractivity contribution in [1.82, 2.24) is 9.97 Å². The summed E-state index contributed by atoms with van der Waals surface area (Å²) in [6, 6.07) is 7.56. The van der Waals surface area contributed by atoms with Crippen LogP contribution in [0.4, 0.5) is 5.82 Å². The molecule has 0 saturated heterocycles. The van der Waals surface area contributed by atoms with Crippen LogP contribution in [-0.4, -0.2) is 28.6 Å². The first-order valence-corrected chi connectivity index (χ1v) is 10.0. The highest BCUT2D eigenvalue weighted by atomic mass is 32.2. The minimum Gasteiger partial charge on any atom is -0.497 e. The maximum absolute atomic E-state index is 13.0. The molecule has 0 saturated carbocycles. The Kier molecular flexibility index (Phi) is 4.78. The largest absolute Gasteiger partial charge is 0.497 e. The molecular weight excluding hydrogens is 362 g/mol. The number of H-pyrrole nitrogens is 1. The third kappa shape index (κ3) is 3.16. The van der Waals surface area contributed by atoms with Crippen molar-refractivity contribution in [2.24, 2.45) is 0 Å². The first-order chi connectivity index (χ1) is 13.1. The lowest BCUT2D eigenvalue weighted by atomic mass is 9.76. The summed E-state index contributed by atoms with van der Waals surface area (Å²) in [5.41, 5.74) is 2.73. The highest BCUT2D eigenvalue weighted by molar-refractivity contribution is 7.99. The van der Waals surface area contributed by atoms with E-state index in [-0.39, 0.29) is 11.3 Å². The van der Waals surface area contributed by atoms with Crippen LogP contribution in [0.3, 0.4) is 0 Å². The fourth-order valence-corrected chi connectivity index (χ4v) is 4.39. The Balaban J connectivity index is 1.94. The van der Waals surface area contributed by atoms with Gasteiger partial charge < -0.3 is 15.0 Å². The molecule has 4 rings (SSSR count). The minimum absolute atomic E-state index is 0.0913. The molecular formula is C20H21N3O3S. The molecule has 0 bridgehead atoms. The van der Waals surface area contributed by atoms with E-state index in [0.29, 0.717) is 34.3 Å². The summed E-state index contributed by atoms with van der Waals surface area (Å²) < 4.78 is 5.36. The summed E-state index contributed by atoms with van der Waals surface area (Å²) >= 11 is 1.49. The van der Waals surface area contributed by atoms with Gasteiger partial charge in [-0.25, -0.2) is 4.98 Å². The van der Waals surface area contributed by atoms with Crippen LogP contribution in [-0.2, 0) is 4.79 Å². The van der Waals surface area contributed by atoms with Gasteiger partial charge in [-0.05, 0) is 36.3 Å². The second kappa shape index (κ2) is 7.23. The monoisotopic (exact) mass is 383 g/mol. The zero-order valence-electron chi connectivity index (χ0n) is 15.3. The molecule has 0 radical (unpaired) electrons. The van der Waals surface area contributed by atoms with Crippen molar-refractivity contribution < 1.29 is 9.53 Å². The van der Waals surface area contributed by atoms with Crippen molar-refractivity contribution in [2.75, 3.05) is 18.2 Å². The molecule has 27 heavy (non-hydrogen) atoms. The predicted molar refractivity (Wildman–Crippen MR) is 106 cm³/mol. The quantitative estimate of drug-likeness (QED) is 0.621. The standard InChI is InChI=1S/C20H21N3O3S/c1-3-27-20-22-18-17(19(25)23-20)15(11-6-4-7-12(10-11)26-2)16-13(21-18)8-5-9-14(16)24/h4,6-7,10,15H,3,5,8-9H2,1-2H3,(H2,21,22,23,25). The molecule has 2 N–H and O–H groups in total. The molecule has 1 atom stereocenters. The average molecular weight is 383 g/mol. The van der Waals surface area contributed by atoms with Gasteiger partial charge >= 0.3 is 0 Å². The minimum atomic E-state index is -0.434. The van der Waals surface area contributed by atoms with Crippen molar-refractivity contribution in [2.45, 2.75) is 37.3 Å². The van der Waals surface area contributed by atoms with Crippen LogP contribution in [0.1, 0.15) is 43.2 Å². The maximum Gasteiger partial charge on any atom is 0.257 e. The number of allylic oxidation sites excluding steroid dienone is 2. The molecule has 1 aliphatic heterocycles. The van der Waals surface area contributed by atoms with Crippen LogP contribution >= 0.6 is 11.8 Å². The molecule has 0 amide bonds. The maximum atomic E-state index is 13.0. The Labute approximate surface area is 161 Å². The van der Waals surface area contributed by atoms with E-state index >= 15 is 0 Å². The summed E-state index contributed by atoms with van der Waals surface area (Å²) in [5.74, 6) is 1.72. The van der Waals surface area contributed by atoms with Gasteiger partial charge in [0.1, 0.15) is 11.6 Å². The van der Waals surface area contributed by atoms with E-state index < -0.39 is 5.92 Å². The molecule has 1 aliphatic carbocycles. The number of aromatic nitrogens is 2. The van der Waals surface area contributed by atoms with Gasteiger partial charge in [-0.1, -0.05) is 30.8 Å². The number of aromatic amines is 1. The number of benzene rings is 1. The number of nitrogens with one attached hydrogen (secondary N) is 2. The number of carbonyl (C=O) groups is 1. The molecule has 2 aromatic rings. The lowest BCUT2D eigenvalue weighted by Gasteiger charge is -2.32. The molecule has 2 aliphatic rings. The van der Waals surface area contributed by atoms with Crippen LogP contribution < -0.4 is 15.6 Å². The second-order valence-corrected chi connectivity index (χ2v) is 7.82. The molecule has 0 spiro atoms. The predicted octanol–water partition coefficient (Wildman–Crippen LogP) is 3.46. The molecule has 140 valence electrons. The van der Waals surface area contributed by atoms with Crippen LogP contribution in [0.5, 0.6) is 5.75 Å². The summed E-state index contributed by atoms with van der Waals surface area (Å²) in [6.45, 7) is 2.01. The molecule has 1 unspecified atom stereocenters. The molecule has 2 heterocycles. The van der Waals surface area contributed by atoms with Crippen LogP contribution in [0.25, 0.3) is 0 Å². The fraction of sp³-hybridized carbons (Fsp3) is 0.350. The van der Waals surface area contributed by atoms with Crippen molar-refractivity contribution in [3.63, 3.8) is 0 Å². The lowest BCUT2D eigenvalue weighted by molar-refractivity contribution is -0.116. The van der Waals surface area contributed by atoms with E-state index in [0.717, 1.165) is 29.9 Å². The molecule has 1 aromatic carbocycles. The van der Waals surface area contributed by atoms with E-state index in [1.165, 1.54) is 11.8 Å². The van der Waals surface area contributed by atoms with Gasteiger partial charge in [-0.3, -0.25) is 9.59 Å². The summed E-state index contributed by atoms with van der Waals surface area (Å²) in [6.07, 6.45) is 2.10. The van der Waals surface area contributed by atoms with Crippen molar-refractivity contribution in [3.05, 3.63) is 57.0 Å². The lowest BCUT2D eigenvalue weighted by Crippen LogP contribution is -2.32. The van der Waals surface area contributed by atoms with Gasteiger partial charge in [0.05, 0.1) is 12.7 Å². The third-order valence-corrected chi connectivity index (χ3v) is 5.70. The van der Waals surface area contributed by atoms with E-state index in [4.69, 9.17) is 4.74 Å². The van der Waals surface area contributed by atoms with Crippen molar-refractivity contribution >= 4 is 23.4 Å². The van der Waals surface area contributed by atoms with Gasteiger partial charge in [-0.2, -0.15) is 0 Å². The van der Waals surface area contributed by atoms with E-state index in [9.17, 15) is 9.59 Å². The van der Waals surface area contributed by atoms with Crippen LogP contribution in [0.15, 0.2) is 45.5 Å². The number of ether oxygens (including phenoxy) is 1. The number of carbonyl (C=O) groups excluding carboxylic acids is 1. The van der Waals surface area contributed by atoms with Gasteiger partial charge in [-0.15, -0.1) is 0 Å². The van der Waals surface area contributed by atoms with Crippen molar-refractivity contribution in [3.8, 4) is 5.75 Å². The normalized spacial score (nSPS) is 18.6. The summed E-state index contributed by atoms with van der Waals surface area (Å²) in [7, 11) is 1.61. The average Bonchev–Trinajstić information content (AvgIpc) is 2.67. The Morgan fingerprint density at radius 1 is 1.30 bits per heavy atom. The Bertz CT molecular complexity index is 996. The fourth-order valence-electron chi connectivity index (χ4n) is 3.80. The molecule has 6 nitrogen and oxygen atoms in total. The van der Waals surface area contributed by atoms with Crippen molar-refractivity contribution in [1.29, 1.82) is 0 Å². The van der Waals surface area contributed by atoms with E-state index in [1.54, 1.807) is 7.11 Å². The SMILES string of the molecule is CCSc1nc2c(c(=O)[nH]1)C(c1cccc(OC)c1)C1=C(CCCC1=O)N2. The molecule has 0 fully saturated rings. The van der Waals surface area contributed by atoms with E-state index in [1.807, 2.05) is 31.2 Å². The Morgan fingerprint density at radius 3 is 2.93 bits per heavy atom. The zero-order chi connectivity index (χ0) is 19.0. The van der Waals surface area contributed by atoms with Gasteiger partial charge in [0.25, 0.3) is 5.56 Å². The number of thioether (sulfide) groups is 1. The highest BCUT2D eigenvalue weighted by Crippen LogP contribution is 2.43. The zero-order valence-corrected chi connectivity index (χ0v) is 16.1. The third-order valence-electron chi connectivity index (χ3n) is 4.94. The highest BCUT2D eigenvalue weighted by Gasteiger charge is 2.37. The summed E-state index contributed by atoms with van der Waals surface area (Å²) in [5, 5.41) is 3.87. The number of rotatable bonds is 4. The number of ketones is 1. The topological polar surface area (TPSA) is 84.1 Å². The van der Waals surface area contributed by atoms with E-state index in [2.05, 4.69) is 15.3 Å². The summed E-state index contributed by atoms with van der Waals surface area (Å²) in [4.78, 5) is 33.2. The first-order valence-electron chi connectivity index (χ1n) is 9.06. The number of hydrogen-bond acceptors (Lipinski definition) is 6. The van der Waals surface area contributed by atoms with Gasteiger partial charge in [0.2, 0.25) is 0 Å². The number of fused-ring (bicyclic) bond motifs is 1. The molecule has 7 heteroatoms. The number of nitrogens with zero attached hydrogens (tertiary/aromatic N) is 1. The van der Waals surface area contributed by atoms with Crippen LogP contribution in [0, 0.1) is 0 Å².